The molecular formula is C20H28N4O2S. The van der Waals surface area contributed by atoms with Gasteiger partial charge in [-0.05, 0) is 44.7 Å². The van der Waals surface area contributed by atoms with E-state index in [-0.39, 0.29) is 24.4 Å². The monoisotopic (exact) mass is 388 g/mol. The van der Waals surface area contributed by atoms with Gasteiger partial charge in [0.15, 0.2) is 5.16 Å². The van der Waals surface area contributed by atoms with Gasteiger partial charge in [0.1, 0.15) is 6.54 Å². The van der Waals surface area contributed by atoms with E-state index in [1.165, 1.54) is 11.8 Å². The van der Waals surface area contributed by atoms with Crippen molar-refractivity contribution in [1.82, 2.24) is 19.8 Å². The minimum Gasteiger partial charge on any atom is -0.352 e. The van der Waals surface area contributed by atoms with Gasteiger partial charge < -0.3 is 14.8 Å². The van der Waals surface area contributed by atoms with Gasteiger partial charge in [-0.1, -0.05) is 30.8 Å². The van der Waals surface area contributed by atoms with E-state index in [1.54, 1.807) is 0 Å². The molecule has 1 fully saturated rings. The number of benzene rings is 1. The van der Waals surface area contributed by atoms with Crippen molar-refractivity contribution in [1.29, 1.82) is 0 Å². The lowest BCUT2D eigenvalue weighted by molar-refractivity contribution is -0.129. The van der Waals surface area contributed by atoms with E-state index in [4.69, 9.17) is 0 Å². The SMILES string of the molecule is CC1CCN(C(=O)CSc2nc3ccccc3n2CC(=O)NC(C)C)CC1. The fourth-order valence-corrected chi connectivity index (χ4v) is 4.22. The zero-order valence-corrected chi connectivity index (χ0v) is 17.1. The Morgan fingerprint density at radius 1 is 1.26 bits per heavy atom. The van der Waals surface area contributed by atoms with E-state index < -0.39 is 0 Å². The van der Waals surface area contributed by atoms with Crippen LogP contribution in [0.1, 0.15) is 33.6 Å². The van der Waals surface area contributed by atoms with Crippen LogP contribution in [-0.2, 0) is 16.1 Å². The van der Waals surface area contributed by atoms with E-state index in [1.807, 2.05) is 47.6 Å². The number of thioether (sulfide) groups is 1. The average Bonchev–Trinajstić information content (AvgIpc) is 2.97. The van der Waals surface area contributed by atoms with Crippen molar-refractivity contribution in [3.8, 4) is 0 Å². The fourth-order valence-electron chi connectivity index (χ4n) is 3.30. The van der Waals surface area contributed by atoms with Crippen LogP contribution in [0.3, 0.4) is 0 Å². The van der Waals surface area contributed by atoms with Crippen LogP contribution < -0.4 is 5.32 Å². The molecule has 1 aromatic heterocycles. The number of piperidine rings is 1. The van der Waals surface area contributed by atoms with Gasteiger partial charge in [0.2, 0.25) is 11.8 Å². The first-order chi connectivity index (χ1) is 12.9. The molecule has 2 aromatic rings. The molecule has 3 rings (SSSR count). The standard InChI is InChI=1S/C20H28N4O2S/c1-14(2)21-18(25)12-24-17-7-5-4-6-16(17)22-20(24)27-13-19(26)23-10-8-15(3)9-11-23/h4-7,14-15H,8-13H2,1-3H3,(H,21,25). The zero-order chi connectivity index (χ0) is 19.4. The first-order valence-corrected chi connectivity index (χ1v) is 10.6. The van der Waals surface area contributed by atoms with Crippen molar-refractivity contribution in [2.45, 2.75) is 51.4 Å². The number of fused-ring (bicyclic) bond motifs is 1. The normalized spacial score (nSPS) is 15.5. The van der Waals surface area contributed by atoms with Crippen molar-refractivity contribution in [2.75, 3.05) is 18.8 Å². The Hall–Kier alpha value is -2.02. The molecule has 0 atom stereocenters. The van der Waals surface area contributed by atoms with Crippen molar-refractivity contribution in [3.63, 3.8) is 0 Å². The maximum Gasteiger partial charge on any atom is 0.240 e. The molecule has 1 aliphatic heterocycles. The first-order valence-electron chi connectivity index (χ1n) is 9.59. The highest BCUT2D eigenvalue weighted by atomic mass is 32.2. The smallest absolute Gasteiger partial charge is 0.240 e. The molecule has 1 saturated heterocycles. The Labute approximate surface area is 164 Å². The largest absolute Gasteiger partial charge is 0.352 e. The number of carbonyl (C=O) groups is 2. The number of rotatable bonds is 6. The highest BCUT2D eigenvalue weighted by molar-refractivity contribution is 7.99. The Balaban J connectivity index is 1.72. The minimum atomic E-state index is -0.0497. The molecule has 0 bridgehead atoms. The van der Waals surface area contributed by atoms with Crippen LogP contribution >= 0.6 is 11.8 Å². The topological polar surface area (TPSA) is 67.2 Å². The van der Waals surface area contributed by atoms with Crippen LogP contribution in [-0.4, -0.2) is 51.1 Å². The highest BCUT2D eigenvalue weighted by Gasteiger charge is 2.22. The lowest BCUT2D eigenvalue weighted by atomic mass is 9.99. The summed E-state index contributed by atoms with van der Waals surface area (Å²) < 4.78 is 1.91. The summed E-state index contributed by atoms with van der Waals surface area (Å²) in [5.41, 5.74) is 1.76. The molecule has 27 heavy (non-hydrogen) atoms. The van der Waals surface area contributed by atoms with Gasteiger partial charge >= 0.3 is 0 Å². The summed E-state index contributed by atoms with van der Waals surface area (Å²) in [7, 11) is 0. The van der Waals surface area contributed by atoms with Crippen LogP contribution in [0.4, 0.5) is 0 Å². The van der Waals surface area contributed by atoms with E-state index >= 15 is 0 Å². The number of hydrogen-bond acceptors (Lipinski definition) is 4. The first kappa shape index (κ1) is 19.7. The molecule has 2 amide bonds. The molecule has 1 aromatic carbocycles. The summed E-state index contributed by atoms with van der Waals surface area (Å²) in [6.07, 6.45) is 2.15. The number of likely N-dealkylation sites (tertiary alicyclic amines) is 1. The van der Waals surface area contributed by atoms with E-state index in [0.29, 0.717) is 16.8 Å². The van der Waals surface area contributed by atoms with Gasteiger partial charge in [0.05, 0.1) is 16.8 Å². The third kappa shape index (κ3) is 5.03. The number of nitrogens with zero attached hydrogens (tertiary/aromatic N) is 3. The number of para-hydroxylation sites is 2. The molecule has 0 aliphatic carbocycles. The molecule has 0 radical (unpaired) electrons. The number of nitrogens with one attached hydrogen (secondary N) is 1. The lowest BCUT2D eigenvalue weighted by Crippen LogP contribution is -2.39. The lowest BCUT2D eigenvalue weighted by Gasteiger charge is -2.30. The van der Waals surface area contributed by atoms with E-state index in [2.05, 4.69) is 17.2 Å². The van der Waals surface area contributed by atoms with Gasteiger partial charge in [0.25, 0.3) is 0 Å². The molecule has 0 unspecified atom stereocenters. The predicted molar refractivity (Wildman–Crippen MR) is 109 cm³/mol. The zero-order valence-electron chi connectivity index (χ0n) is 16.3. The average molecular weight is 389 g/mol. The van der Waals surface area contributed by atoms with Gasteiger partial charge in [-0.25, -0.2) is 4.98 Å². The maximum atomic E-state index is 12.6. The highest BCUT2D eigenvalue weighted by Crippen LogP contribution is 2.25. The summed E-state index contributed by atoms with van der Waals surface area (Å²) in [6.45, 7) is 8.01. The third-order valence-corrected chi connectivity index (χ3v) is 5.79. The van der Waals surface area contributed by atoms with Crippen LogP contribution in [0.5, 0.6) is 0 Å². The van der Waals surface area contributed by atoms with Crippen molar-refractivity contribution in [2.24, 2.45) is 5.92 Å². The van der Waals surface area contributed by atoms with Crippen LogP contribution in [0.25, 0.3) is 11.0 Å². The molecule has 1 aliphatic rings. The number of aromatic nitrogens is 2. The van der Waals surface area contributed by atoms with Crippen LogP contribution in [0.15, 0.2) is 29.4 Å². The molecule has 2 heterocycles. The van der Waals surface area contributed by atoms with Crippen molar-refractivity contribution < 1.29 is 9.59 Å². The molecule has 146 valence electrons. The second kappa shape index (κ2) is 8.78. The molecule has 6 nitrogen and oxygen atoms in total. The van der Waals surface area contributed by atoms with Gasteiger partial charge in [-0.2, -0.15) is 0 Å². The van der Waals surface area contributed by atoms with E-state index in [9.17, 15) is 9.59 Å². The number of amides is 2. The summed E-state index contributed by atoms with van der Waals surface area (Å²) in [5.74, 6) is 1.15. The molecule has 1 N–H and O–H groups in total. The van der Waals surface area contributed by atoms with E-state index in [0.717, 1.165) is 37.0 Å². The second-order valence-corrected chi connectivity index (χ2v) is 8.49. The van der Waals surface area contributed by atoms with Crippen LogP contribution in [0, 0.1) is 5.92 Å². The summed E-state index contributed by atoms with van der Waals surface area (Å²) in [6, 6.07) is 7.86. The van der Waals surface area contributed by atoms with Crippen molar-refractivity contribution in [3.05, 3.63) is 24.3 Å². The molecule has 7 heteroatoms. The fraction of sp³-hybridized carbons (Fsp3) is 0.550. The summed E-state index contributed by atoms with van der Waals surface area (Å²) in [4.78, 5) is 31.4. The van der Waals surface area contributed by atoms with Gasteiger partial charge in [-0.3, -0.25) is 9.59 Å². The van der Waals surface area contributed by atoms with Crippen LogP contribution in [0.2, 0.25) is 0 Å². The molecule has 0 spiro atoms. The number of carbonyl (C=O) groups excluding carboxylic acids is 2. The maximum absolute atomic E-state index is 12.6. The Bertz CT molecular complexity index is 809. The summed E-state index contributed by atoms with van der Waals surface area (Å²) >= 11 is 1.42. The predicted octanol–water partition coefficient (Wildman–Crippen LogP) is 2.91. The quantitative estimate of drug-likeness (QED) is 0.773. The Morgan fingerprint density at radius 2 is 1.96 bits per heavy atom. The van der Waals surface area contributed by atoms with Gasteiger partial charge in [-0.15, -0.1) is 0 Å². The Morgan fingerprint density at radius 3 is 2.67 bits per heavy atom. The molecular weight excluding hydrogens is 360 g/mol. The summed E-state index contributed by atoms with van der Waals surface area (Å²) in [5, 5.41) is 3.64. The van der Waals surface area contributed by atoms with Crippen molar-refractivity contribution >= 4 is 34.6 Å². The Kier molecular flexibility index (Phi) is 6.42. The minimum absolute atomic E-state index is 0.0497. The molecule has 0 saturated carbocycles. The second-order valence-electron chi connectivity index (χ2n) is 7.54. The number of hydrogen-bond donors (Lipinski definition) is 1. The third-order valence-electron chi connectivity index (χ3n) is 4.83. The van der Waals surface area contributed by atoms with Gasteiger partial charge in [0, 0.05) is 19.1 Å². The number of imidazole rings is 1.